The van der Waals surface area contributed by atoms with Crippen LogP contribution in [0.3, 0.4) is 0 Å². The highest BCUT2D eigenvalue weighted by molar-refractivity contribution is 5.86. The molecule has 0 bridgehead atoms. The number of rotatable bonds is 8. The Balaban J connectivity index is 1.84. The summed E-state index contributed by atoms with van der Waals surface area (Å²) in [5, 5.41) is 0. The number of aliphatic imine (C=N–C) groups is 1. The Hall–Kier alpha value is -2.77. The second-order valence-corrected chi connectivity index (χ2v) is 8.54. The summed E-state index contributed by atoms with van der Waals surface area (Å²) in [6.07, 6.45) is -0.230. The molecule has 180 valence electrons. The molecule has 1 atom stereocenters. The molecule has 0 spiro atoms. The Morgan fingerprint density at radius 3 is 2.39 bits per heavy atom. The smallest absolute Gasteiger partial charge is 0.416 e. The summed E-state index contributed by atoms with van der Waals surface area (Å²) in [6, 6.07) is 5.27. The third-order valence-electron chi connectivity index (χ3n) is 6.28. The molecule has 0 radical (unpaired) electrons. The van der Waals surface area contributed by atoms with E-state index in [2.05, 4.69) is 28.0 Å². The molecule has 1 aromatic carbocycles. The number of hydrogen-bond donors (Lipinski definition) is 0. The van der Waals surface area contributed by atoms with Gasteiger partial charge in [0.1, 0.15) is 5.76 Å². The minimum absolute atomic E-state index is 0.0432. The van der Waals surface area contributed by atoms with Crippen LogP contribution in [0.1, 0.15) is 38.2 Å². The number of likely N-dealkylation sites (tertiary alicyclic amines) is 1. The van der Waals surface area contributed by atoms with Gasteiger partial charge in [0.2, 0.25) is 0 Å². The van der Waals surface area contributed by atoms with Crippen LogP contribution in [0.4, 0.5) is 23.2 Å². The van der Waals surface area contributed by atoms with Crippen LogP contribution >= 0.6 is 0 Å². The fraction of sp³-hybridized carbons (Fsp3) is 0.480. The van der Waals surface area contributed by atoms with Crippen LogP contribution in [0.5, 0.6) is 0 Å². The molecule has 8 heteroatoms. The van der Waals surface area contributed by atoms with Crippen molar-refractivity contribution in [1.82, 2.24) is 4.90 Å². The lowest BCUT2D eigenvalue weighted by atomic mass is 9.96. The van der Waals surface area contributed by atoms with E-state index in [4.69, 9.17) is 4.74 Å². The van der Waals surface area contributed by atoms with E-state index in [9.17, 15) is 17.6 Å². The number of anilines is 1. The molecule has 4 nitrogen and oxygen atoms in total. The lowest BCUT2D eigenvalue weighted by molar-refractivity contribution is -0.137. The zero-order valence-corrected chi connectivity index (χ0v) is 19.2. The third-order valence-corrected chi connectivity index (χ3v) is 6.28. The lowest BCUT2D eigenvalue weighted by Gasteiger charge is -2.43. The van der Waals surface area contributed by atoms with Gasteiger partial charge in [-0.05, 0) is 37.1 Å². The summed E-state index contributed by atoms with van der Waals surface area (Å²) in [6.45, 7) is 11.5. The zero-order chi connectivity index (χ0) is 24.2. The van der Waals surface area contributed by atoms with Gasteiger partial charge in [-0.15, -0.1) is 0 Å². The molecule has 1 saturated heterocycles. The van der Waals surface area contributed by atoms with Gasteiger partial charge < -0.3 is 14.5 Å². The molecular formula is C25H31F4N3O. The second kappa shape index (κ2) is 10.4. The number of methoxy groups -OCH3 is 1. The fourth-order valence-electron chi connectivity index (χ4n) is 4.45. The number of nitrogens with zero attached hydrogens (tertiary/aromatic N) is 3. The van der Waals surface area contributed by atoms with E-state index in [1.54, 1.807) is 13.3 Å². The number of halogens is 4. The van der Waals surface area contributed by atoms with Crippen LogP contribution in [0.25, 0.3) is 0 Å². The van der Waals surface area contributed by atoms with Crippen molar-refractivity contribution in [2.75, 3.05) is 31.6 Å². The average molecular weight is 466 g/mol. The van der Waals surface area contributed by atoms with E-state index in [0.29, 0.717) is 18.7 Å². The standard InChI is InChI=1S/C25H31F4N3O/c1-17(15-18(2)26)19(3)31-13-10-22(11-14-31)32(23-16-30-12-9-24(23)33-4)21-7-5-20(6-8-21)25(27,28)29/h5-8,16-17,22H,2-3,9-15H2,1,4H3. The monoisotopic (exact) mass is 465 g/mol. The number of benzene rings is 1. The van der Waals surface area contributed by atoms with Crippen molar-refractivity contribution in [3.63, 3.8) is 0 Å². The predicted molar refractivity (Wildman–Crippen MR) is 124 cm³/mol. The Morgan fingerprint density at radius 2 is 1.85 bits per heavy atom. The number of dihydropyridines is 1. The molecule has 1 aromatic rings. The number of piperidine rings is 1. The van der Waals surface area contributed by atoms with Crippen LogP contribution in [0, 0.1) is 5.92 Å². The van der Waals surface area contributed by atoms with Crippen LogP contribution in [-0.2, 0) is 10.9 Å². The van der Waals surface area contributed by atoms with Gasteiger partial charge in [0.25, 0.3) is 0 Å². The Kier molecular flexibility index (Phi) is 7.87. The molecule has 2 heterocycles. The summed E-state index contributed by atoms with van der Waals surface area (Å²) >= 11 is 0. The van der Waals surface area contributed by atoms with Crippen LogP contribution < -0.4 is 4.90 Å². The maximum absolute atomic E-state index is 13.3. The molecule has 2 aliphatic rings. The molecule has 0 amide bonds. The third kappa shape index (κ3) is 5.97. The minimum Gasteiger partial charge on any atom is -0.499 e. The normalized spacial score (nSPS) is 18.3. The van der Waals surface area contributed by atoms with E-state index in [1.807, 2.05) is 6.92 Å². The summed E-state index contributed by atoms with van der Waals surface area (Å²) in [5.74, 6) is 0.368. The molecular weight excluding hydrogens is 434 g/mol. The molecule has 33 heavy (non-hydrogen) atoms. The SMILES string of the molecule is C=C(F)CC(C)C(=C)N1CCC(N(C2=C(OC)CCN=C2)c2ccc(C(F)(F)F)cc2)CC1. The van der Waals surface area contributed by atoms with Crippen molar-refractivity contribution in [1.29, 1.82) is 0 Å². The number of allylic oxidation sites excluding steroid dienone is 3. The van der Waals surface area contributed by atoms with Crippen molar-refractivity contribution in [2.24, 2.45) is 10.9 Å². The Bertz CT molecular complexity index is 913. The second-order valence-electron chi connectivity index (χ2n) is 8.54. The Labute approximate surface area is 192 Å². The van der Waals surface area contributed by atoms with Gasteiger partial charge in [-0.1, -0.05) is 20.1 Å². The molecule has 1 unspecified atom stereocenters. The van der Waals surface area contributed by atoms with Gasteiger partial charge in [-0.2, -0.15) is 13.2 Å². The van der Waals surface area contributed by atoms with Gasteiger partial charge in [0, 0.05) is 62.0 Å². The first-order valence-electron chi connectivity index (χ1n) is 11.1. The number of alkyl halides is 3. The van der Waals surface area contributed by atoms with Gasteiger partial charge in [-0.3, -0.25) is 4.99 Å². The highest BCUT2D eigenvalue weighted by Crippen LogP contribution is 2.35. The summed E-state index contributed by atoms with van der Waals surface area (Å²) < 4.78 is 58.2. The van der Waals surface area contributed by atoms with Crippen LogP contribution in [0.15, 0.2) is 65.4 Å². The molecule has 1 fully saturated rings. The van der Waals surface area contributed by atoms with Gasteiger partial charge >= 0.3 is 6.18 Å². The molecule has 0 aromatic heterocycles. The first kappa shape index (κ1) is 24.9. The molecule has 2 aliphatic heterocycles. The highest BCUT2D eigenvalue weighted by Gasteiger charge is 2.33. The fourth-order valence-corrected chi connectivity index (χ4v) is 4.45. The maximum Gasteiger partial charge on any atom is 0.416 e. The quantitative estimate of drug-likeness (QED) is 0.420. The lowest BCUT2D eigenvalue weighted by Crippen LogP contribution is -2.45. The van der Waals surface area contributed by atoms with Gasteiger partial charge in [0.15, 0.2) is 0 Å². The van der Waals surface area contributed by atoms with Gasteiger partial charge in [0.05, 0.1) is 24.2 Å². The van der Waals surface area contributed by atoms with E-state index < -0.39 is 11.7 Å². The van der Waals surface area contributed by atoms with E-state index in [1.165, 1.54) is 12.1 Å². The summed E-state index contributed by atoms with van der Waals surface area (Å²) in [5.41, 5.74) is 1.64. The first-order chi connectivity index (χ1) is 15.6. The average Bonchev–Trinajstić information content (AvgIpc) is 2.79. The number of ether oxygens (including phenoxy) is 1. The minimum atomic E-state index is -4.39. The van der Waals surface area contributed by atoms with E-state index in [-0.39, 0.29) is 24.2 Å². The topological polar surface area (TPSA) is 28.1 Å². The molecule has 0 N–H and O–H groups in total. The predicted octanol–water partition coefficient (Wildman–Crippen LogP) is 6.33. The highest BCUT2D eigenvalue weighted by atomic mass is 19.4. The Morgan fingerprint density at radius 1 is 1.21 bits per heavy atom. The summed E-state index contributed by atoms with van der Waals surface area (Å²) in [7, 11) is 1.60. The number of hydrogen-bond acceptors (Lipinski definition) is 4. The first-order valence-corrected chi connectivity index (χ1v) is 11.1. The molecule has 0 aliphatic carbocycles. The maximum atomic E-state index is 13.3. The van der Waals surface area contributed by atoms with E-state index >= 15 is 0 Å². The van der Waals surface area contributed by atoms with Crippen molar-refractivity contribution in [3.8, 4) is 0 Å². The largest absolute Gasteiger partial charge is 0.499 e. The summed E-state index contributed by atoms with van der Waals surface area (Å²) in [4.78, 5) is 8.61. The van der Waals surface area contributed by atoms with Crippen molar-refractivity contribution in [2.45, 2.75) is 44.8 Å². The molecule has 0 saturated carbocycles. The van der Waals surface area contributed by atoms with Crippen LogP contribution in [-0.4, -0.2) is 43.9 Å². The van der Waals surface area contributed by atoms with Crippen LogP contribution in [0.2, 0.25) is 0 Å². The zero-order valence-electron chi connectivity index (χ0n) is 19.2. The van der Waals surface area contributed by atoms with Crippen molar-refractivity contribution in [3.05, 3.63) is 66.0 Å². The van der Waals surface area contributed by atoms with Crippen molar-refractivity contribution < 1.29 is 22.3 Å². The molecule has 3 rings (SSSR count). The van der Waals surface area contributed by atoms with Gasteiger partial charge in [-0.25, -0.2) is 4.39 Å². The van der Waals surface area contributed by atoms with E-state index in [0.717, 1.165) is 55.2 Å². The van der Waals surface area contributed by atoms with Crippen molar-refractivity contribution >= 4 is 11.9 Å².